The van der Waals surface area contributed by atoms with Gasteiger partial charge in [-0.25, -0.2) is 4.98 Å². The van der Waals surface area contributed by atoms with Crippen molar-refractivity contribution in [3.05, 3.63) is 64.6 Å². The van der Waals surface area contributed by atoms with E-state index in [2.05, 4.69) is 21.7 Å². The number of carbonyl (C=O) groups is 1. The highest BCUT2D eigenvalue weighted by Gasteiger charge is 2.21. The largest absolute Gasteiger partial charge is 0.346 e. The minimum atomic E-state index is -0.701. The summed E-state index contributed by atoms with van der Waals surface area (Å²) >= 11 is 1.53. The fourth-order valence-corrected chi connectivity index (χ4v) is 4.11. The Kier molecular flexibility index (Phi) is 6.10. The van der Waals surface area contributed by atoms with E-state index in [0.29, 0.717) is 12.1 Å². The molecule has 0 saturated heterocycles. The molecule has 0 radical (unpaired) electrons. The Labute approximate surface area is 191 Å². The summed E-state index contributed by atoms with van der Waals surface area (Å²) in [4.78, 5) is 21.9. The molecule has 8 heteroatoms. The molecule has 1 aliphatic carbocycles. The van der Waals surface area contributed by atoms with Gasteiger partial charge in [-0.3, -0.25) is 9.78 Å². The molecule has 1 aliphatic rings. The standard InChI is InChI=1S/C24H26N6OS/c1-16-6-4-9-19(27-16)21-14-32-23(29-21)28-20(17-7-5-8-17)12-26-22(31)18-10-11-30(13-18)24(2,3)15-25/h4,6,9-11,13-14H,5,7-8,12H2,1-3H3,(H,26,31)(H,28,29). The van der Waals surface area contributed by atoms with Gasteiger partial charge in [0.2, 0.25) is 0 Å². The molecule has 4 rings (SSSR count). The second-order valence-corrected chi connectivity index (χ2v) is 9.28. The van der Waals surface area contributed by atoms with Gasteiger partial charge in [0.1, 0.15) is 11.2 Å². The average molecular weight is 447 g/mol. The topological polar surface area (TPSA) is 95.6 Å². The molecule has 3 heterocycles. The summed E-state index contributed by atoms with van der Waals surface area (Å²) in [5, 5.41) is 18.5. The highest BCUT2D eigenvalue weighted by molar-refractivity contribution is 7.14. The van der Waals surface area contributed by atoms with E-state index in [4.69, 9.17) is 4.98 Å². The molecular weight excluding hydrogens is 420 g/mol. The third-order valence-corrected chi connectivity index (χ3v) is 6.35. The molecule has 32 heavy (non-hydrogen) atoms. The molecule has 0 bridgehead atoms. The summed E-state index contributed by atoms with van der Waals surface area (Å²) < 4.78 is 1.75. The lowest BCUT2D eigenvalue weighted by Crippen LogP contribution is -2.29. The molecule has 0 aliphatic heterocycles. The molecule has 1 saturated carbocycles. The summed E-state index contributed by atoms with van der Waals surface area (Å²) in [5.74, 6) is -0.166. The molecular formula is C24H26N6OS. The predicted octanol–water partition coefficient (Wildman–Crippen LogP) is 4.85. The maximum absolute atomic E-state index is 12.7. The van der Waals surface area contributed by atoms with Crippen LogP contribution in [-0.2, 0) is 5.54 Å². The van der Waals surface area contributed by atoms with Gasteiger partial charge in [-0.05, 0) is 63.8 Å². The summed E-state index contributed by atoms with van der Waals surface area (Å²) in [6.45, 7) is 5.99. The van der Waals surface area contributed by atoms with Crippen LogP contribution in [0.3, 0.4) is 0 Å². The maximum atomic E-state index is 12.7. The maximum Gasteiger partial charge on any atom is 0.253 e. The number of aryl methyl sites for hydroxylation is 1. The lowest BCUT2D eigenvalue weighted by molar-refractivity contribution is 0.0957. The van der Waals surface area contributed by atoms with Crippen LogP contribution in [0.1, 0.15) is 49.2 Å². The first-order valence-corrected chi connectivity index (χ1v) is 11.5. The van der Waals surface area contributed by atoms with Crippen LogP contribution >= 0.6 is 11.3 Å². The first-order valence-electron chi connectivity index (χ1n) is 10.6. The summed E-state index contributed by atoms with van der Waals surface area (Å²) in [6.07, 6.45) is 6.70. The van der Waals surface area contributed by atoms with Crippen molar-refractivity contribution in [2.45, 2.75) is 45.6 Å². The second kappa shape index (κ2) is 8.97. The third-order valence-electron chi connectivity index (χ3n) is 5.60. The summed E-state index contributed by atoms with van der Waals surface area (Å²) in [7, 11) is 0. The number of anilines is 1. The van der Waals surface area contributed by atoms with Crippen LogP contribution in [-0.4, -0.2) is 27.0 Å². The van der Waals surface area contributed by atoms with Crippen LogP contribution < -0.4 is 10.6 Å². The third kappa shape index (κ3) is 4.73. The molecule has 1 fully saturated rings. The van der Waals surface area contributed by atoms with E-state index >= 15 is 0 Å². The van der Waals surface area contributed by atoms with Gasteiger partial charge in [0.15, 0.2) is 5.13 Å². The normalized spacial score (nSPS) is 13.2. The molecule has 164 valence electrons. The number of amides is 1. The Morgan fingerprint density at radius 1 is 1.25 bits per heavy atom. The van der Waals surface area contributed by atoms with Crippen molar-refractivity contribution in [1.82, 2.24) is 19.9 Å². The van der Waals surface area contributed by atoms with Gasteiger partial charge >= 0.3 is 0 Å². The van der Waals surface area contributed by atoms with Crippen LogP contribution in [0.4, 0.5) is 5.13 Å². The lowest BCUT2D eigenvalue weighted by Gasteiger charge is -2.23. The van der Waals surface area contributed by atoms with Crippen LogP contribution in [0.25, 0.3) is 11.4 Å². The molecule has 7 nitrogen and oxygen atoms in total. The lowest BCUT2D eigenvalue weighted by atomic mass is 9.90. The minimum absolute atomic E-state index is 0.166. The average Bonchev–Trinajstić information content (AvgIpc) is 3.41. The van der Waals surface area contributed by atoms with Gasteiger partial charge in [-0.15, -0.1) is 11.3 Å². The van der Waals surface area contributed by atoms with Gasteiger partial charge in [0.25, 0.3) is 5.91 Å². The minimum Gasteiger partial charge on any atom is -0.346 e. The van der Waals surface area contributed by atoms with Crippen LogP contribution in [0.5, 0.6) is 0 Å². The quantitative estimate of drug-likeness (QED) is 0.541. The first-order chi connectivity index (χ1) is 15.4. The molecule has 3 aromatic rings. The zero-order chi connectivity index (χ0) is 22.7. The molecule has 1 amide bonds. The van der Waals surface area contributed by atoms with E-state index in [1.54, 1.807) is 23.0 Å². The van der Waals surface area contributed by atoms with Crippen molar-refractivity contribution in [3.8, 4) is 17.5 Å². The SMILES string of the molecule is Cc1cccc(-c2csc(NC(CNC(=O)c3ccn(C(C)(C)C#N)c3)=C3CCC3)n2)n1. The Bertz CT molecular complexity index is 1210. The van der Waals surface area contributed by atoms with Crippen LogP contribution in [0, 0.1) is 18.3 Å². The molecule has 2 N–H and O–H groups in total. The Morgan fingerprint density at radius 2 is 2.06 bits per heavy atom. The van der Waals surface area contributed by atoms with Gasteiger partial charge in [-0.1, -0.05) is 6.07 Å². The Balaban J connectivity index is 1.44. The summed E-state index contributed by atoms with van der Waals surface area (Å²) in [6, 6.07) is 9.87. The number of hydrogen-bond acceptors (Lipinski definition) is 6. The first kappa shape index (κ1) is 21.8. The van der Waals surface area contributed by atoms with Crippen LogP contribution in [0.15, 0.2) is 53.3 Å². The fraction of sp³-hybridized carbons (Fsp3) is 0.333. The van der Waals surface area contributed by atoms with Crippen molar-refractivity contribution < 1.29 is 4.79 Å². The summed E-state index contributed by atoms with van der Waals surface area (Å²) in [5.41, 5.74) is 4.80. The number of allylic oxidation sites excluding steroid dienone is 1. The highest BCUT2D eigenvalue weighted by atomic mass is 32.1. The molecule has 0 atom stereocenters. The number of thiazole rings is 1. The molecule has 3 aromatic heterocycles. The van der Waals surface area contributed by atoms with E-state index in [-0.39, 0.29) is 5.91 Å². The number of nitrogens with one attached hydrogen (secondary N) is 2. The van der Waals surface area contributed by atoms with Gasteiger partial charge in [0, 0.05) is 29.2 Å². The van der Waals surface area contributed by atoms with Gasteiger partial charge in [0.05, 0.1) is 23.9 Å². The Morgan fingerprint density at radius 3 is 2.75 bits per heavy atom. The molecule has 0 unspecified atom stereocenters. The highest BCUT2D eigenvalue weighted by Crippen LogP contribution is 2.31. The number of nitrogens with zero attached hydrogens (tertiary/aromatic N) is 4. The van der Waals surface area contributed by atoms with E-state index in [1.807, 2.05) is 44.4 Å². The van der Waals surface area contributed by atoms with E-state index < -0.39 is 5.54 Å². The zero-order valence-corrected chi connectivity index (χ0v) is 19.3. The number of rotatable bonds is 7. The van der Waals surface area contributed by atoms with Crippen molar-refractivity contribution in [1.29, 1.82) is 5.26 Å². The van der Waals surface area contributed by atoms with E-state index in [9.17, 15) is 10.1 Å². The van der Waals surface area contributed by atoms with Crippen molar-refractivity contribution in [2.24, 2.45) is 0 Å². The molecule has 0 spiro atoms. The number of nitriles is 1. The smallest absolute Gasteiger partial charge is 0.253 e. The fourth-order valence-electron chi connectivity index (χ4n) is 3.38. The predicted molar refractivity (Wildman–Crippen MR) is 126 cm³/mol. The Hall–Kier alpha value is -3.44. The number of hydrogen-bond donors (Lipinski definition) is 2. The number of aromatic nitrogens is 3. The number of pyridine rings is 1. The second-order valence-electron chi connectivity index (χ2n) is 8.42. The van der Waals surface area contributed by atoms with Crippen LogP contribution in [0.2, 0.25) is 0 Å². The van der Waals surface area contributed by atoms with Crippen molar-refractivity contribution in [2.75, 3.05) is 11.9 Å². The van der Waals surface area contributed by atoms with Gasteiger partial charge in [-0.2, -0.15) is 5.26 Å². The number of carbonyl (C=O) groups excluding carboxylic acids is 1. The van der Waals surface area contributed by atoms with E-state index in [0.717, 1.165) is 47.2 Å². The monoisotopic (exact) mass is 446 g/mol. The van der Waals surface area contributed by atoms with Crippen molar-refractivity contribution in [3.63, 3.8) is 0 Å². The molecule has 0 aromatic carbocycles. The zero-order valence-electron chi connectivity index (χ0n) is 18.5. The van der Waals surface area contributed by atoms with Gasteiger partial charge < -0.3 is 15.2 Å². The van der Waals surface area contributed by atoms with E-state index in [1.165, 1.54) is 16.9 Å². The van der Waals surface area contributed by atoms with Crippen molar-refractivity contribution >= 4 is 22.4 Å².